The van der Waals surface area contributed by atoms with E-state index in [9.17, 15) is 13.2 Å². The summed E-state index contributed by atoms with van der Waals surface area (Å²) in [7, 11) is -3.13. The van der Waals surface area contributed by atoms with Gasteiger partial charge in [0.05, 0.1) is 17.6 Å². The Morgan fingerprint density at radius 1 is 1.39 bits per heavy atom. The number of likely N-dealkylation sites (N-methyl/N-ethyl adjacent to an activating group) is 1. The molecule has 1 atom stereocenters. The smallest absolute Gasteiger partial charge is 0.332 e. The molecule has 0 aliphatic heterocycles. The first-order chi connectivity index (χ1) is 10.6. The van der Waals surface area contributed by atoms with Crippen LogP contribution in [0.4, 0.5) is 11.4 Å². The van der Waals surface area contributed by atoms with Gasteiger partial charge in [-0.3, -0.25) is 0 Å². The van der Waals surface area contributed by atoms with Gasteiger partial charge in [-0.2, -0.15) is 0 Å². The fourth-order valence-corrected chi connectivity index (χ4v) is 2.05. The Bertz CT molecular complexity index is 590. The quantitative estimate of drug-likeness (QED) is 0.514. The van der Waals surface area contributed by atoms with Gasteiger partial charge in [0.25, 0.3) is 0 Å². The van der Waals surface area contributed by atoms with Gasteiger partial charge >= 0.3 is 5.97 Å². The van der Waals surface area contributed by atoms with E-state index in [4.69, 9.17) is 15.9 Å². The molecule has 0 fully saturated rings. The number of nitrogens with two attached hydrogens (primary N) is 1. The van der Waals surface area contributed by atoms with Gasteiger partial charge in [0.1, 0.15) is 6.10 Å². The number of benzene rings is 1. The first-order valence-corrected chi connectivity index (χ1v) is 8.92. The topological polar surface area (TPSA) is 133 Å². The Morgan fingerprint density at radius 2 is 1.91 bits per heavy atom. The van der Waals surface area contributed by atoms with Crippen LogP contribution < -0.4 is 15.4 Å². The molecule has 9 heteroatoms. The van der Waals surface area contributed by atoms with E-state index in [0.29, 0.717) is 18.8 Å². The molecule has 0 spiro atoms. The van der Waals surface area contributed by atoms with Crippen LogP contribution in [-0.2, 0) is 14.8 Å². The molecule has 8 nitrogen and oxygen atoms in total. The standard InChI is InChI=1S/C11H19N3O2S.C3H6O3/c1-3-14(9-8-13-17(2,15)16)11-7-5-4-6-10(11)12;1-2(4)3(5)6/h4-7,13H,3,8-9,12H2,1-2H3;2,4H,1H3,(H,5,6). The summed E-state index contributed by atoms with van der Waals surface area (Å²) in [6.45, 7) is 4.95. The van der Waals surface area contributed by atoms with E-state index in [1.54, 1.807) is 0 Å². The summed E-state index contributed by atoms with van der Waals surface area (Å²) in [4.78, 5) is 11.5. The van der Waals surface area contributed by atoms with E-state index >= 15 is 0 Å². The lowest BCUT2D eigenvalue weighted by Crippen LogP contribution is -2.34. The summed E-state index contributed by atoms with van der Waals surface area (Å²) >= 11 is 0. The van der Waals surface area contributed by atoms with Crippen molar-refractivity contribution in [2.75, 3.05) is 36.5 Å². The number of nitrogens with zero attached hydrogens (tertiary/aromatic N) is 1. The van der Waals surface area contributed by atoms with Gasteiger partial charge < -0.3 is 20.8 Å². The third-order valence-corrected chi connectivity index (χ3v) is 3.49. The molecule has 0 radical (unpaired) electrons. The van der Waals surface area contributed by atoms with Crippen molar-refractivity contribution in [1.82, 2.24) is 4.72 Å². The number of sulfonamides is 1. The van der Waals surface area contributed by atoms with Crippen LogP contribution >= 0.6 is 0 Å². The van der Waals surface area contributed by atoms with E-state index in [1.807, 2.05) is 36.1 Å². The van der Waals surface area contributed by atoms with Crippen molar-refractivity contribution in [1.29, 1.82) is 0 Å². The zero-order valence-electron chi connectivity index (χ0n) is 13.6. The van der Waals surface area contributed by atoms with E-state index < -0.39 is 22.1 Å². The molecule has 23 heavy (non-hydrogen) atoms. The second kappa shape index (κ2) is 10.0. The van der Waals surface area contributed by atoms with Crippen molar-refractivity contribution in [3.8, 4) is 0 Å². The van der Waals surface area contributed by atoms with Crippen LogP contribution in [0.3, 0.4) is 0 Å². The number of nitrogens with one attached hydrogen (secondary N) is 1. The predicted octanol–water partition coefficient (Wildman–Crippen LogP) is 0.0961. The third-order valence-electron chi connectivity index (χ3n) is 2.76. The van der Waals surface area contributed by atoms with Crippen LogP contribution in [0.15, 0.2) is 24.3 Å². The van der Waals surface area contributed by atoms with Crippen molar-refractivity contribution >= 4 is 27.4 Å². The highest BCUT2D eigenvalue weighted by Crippen LogP contribution is 2.21. The van der Waals surface area contributed by atoms with Crippen LogP contribution in [0, 0.1) is 0 Å². The number of anilines is 2. The SMILES string of the molecule is CC(O)C(=O)O.CCN(CCNS(C)(=O)=O)c1ccccc1N. The molecular weight excluding hydrogens is 322 g/mol. The first-order valence-electron chi connectivity index (χ1n) is 7.03. The number of hydrogen-bond acceptors (Lipinski definition) is 6. The Kier molecular flexibility index (Phi) is 9.23. The highest BCUT2D eigenvalue weighted by Gasteiger charge is 2.08. The van der Waals surface area contributed by atoms with Crippen molar-refractivity contribution in [2.24, 2.45) is 0 Å². The van der Waals surface area contributed by atoms with Crippen LogP contribution in [0.25, 0.3) is 0 Å². The number of hydrogen-bond donors (Lipinski definition) is 4. The van der Waals surface area contributed by atoms with Gasteiger partial charge in [0, 0.05) is 19.6 Å². The average molecular weight is 347 g/mol. The maximum absolute atomic E-state index is 11.0. The number of carboxylic acids is 1. The molecule has 132 valence electrons. The van der Waals surface area contributed by atoms with Crippen molar-refractivity contribution in [3.05, 3.63) is 24.3 Å². The second-order valence-corrected chi connectivity index (χ2v) is 6.65. The number of aliphatic hydroxyl groups excluding tert-OH is 1. The van der Waals surface area contributed by atoms with E-state index in [-0.39, 0.29) is 0 Å². The van der Waals surface area contributed by atoms with E-state index in [2.05, 4.69) is 4.72 Å². The molecule has 0 heterocycles. The minimum Gasteiger partial charge on any atom is -0.479 e. The summed E-state index contributed by atoms with van der Waals surface area (Å²) in [5, 5.41) is 15.8. The molecular formula is C14H25N3O5S. The molecule has 1 aromatic rings. The third kappa shape index (κ3) is 9.72. The number of carbonyl (C=O) groups is 1. The molecule has 0 aromatic heterocycles. The second-order valence-electron chi connectivity index (χ2n) is 4.82. The number of rotatable bonds is 7. The number of nitrogen functional groups attached to an aromatic ring is 1. The minimum atomic E-state index is -3.13. The summed E-state index contributed by atoms with van der Waals surface area (Å²) in [6, 6.07) is 7.56. The van der Waals surface area contributed by atoms with Crippen LogP contribution in [-0.4, -0.2) is 56.6 Å². The summed E-state index contributed by atoms with van der Waals surface area (Å²) in [5.41, 5.74) is 7.51. The van der Waals surface area contributed by atoms with Gasteiger partial charge in [-0.1, -0.05) is 12.1 Å². The Morgan fingerprint density at radius 3 is 2.30 bits per heavy atom. The number of aliphatic carboxylic acids is 1. The van der Waals surface area contributed by atoms with Crippen LogP contribution in [0.5, 0.6) is 0 Å². The lowest BCUT2D eigenvalue weighted by atomic mass is 10.2. The van der Waals surface area contributed by atoms with Crippen molar-refractivity contribution < 1.29 is 23.4 Å². The summed E-state index contributed by atoms with van der Waals surface area (Å²) in [6.07, 6.45) is -0.0785. The molecule has 0 aliphatic rings. The monoisotopic (exact) mass is 347 g/mol. The van der Waals surface area contributed by atoms with Crippen molar-refractivity contribution in [3.63, 3.8) is 0 Å². The minimum absolute atomic E-state index is 0.376. The fourth-order valence-electron chi connectivity index (χ4n) is 1.59. The molecule has 5 N–H and O–H groups in total. The normalized spacial score (nSPS) is 12.0. The Labute approximate surface area is 137 Å². The van der Waals surface area contributed by atoms with Gasteiger partial charge in [-0.15, -0.1) is 0 Å². The zero-order chi connectivity index (χ0) is 18.0. The van der Waals surface area contributed by atoms with E-state index in [0.717, 1.165) is 18.5 Å². The van der Waals surface area contributed by atoms with Gasteiger partial charge in [-0.05, 0) is 26.0 Å². The number of para-hydroxylation sites is 2. The highest BCUT2D eigenvalue weighted by molar-refractivity contribution is 7.88. The largest absolute Gasteiger partial charge is 0.479 e. The van der Waals surface area contributed by atoms with Gasteiger partial charge in [-0.25, -0.2) is 17.9 Å². The lowest BCUT2D eigenvalue weighted by Gasteiger charge is -2.24. The summed E-state index contributed by atoms with van der Waals surface area (Å²) < 4.78 is 24.4. The van der Waals surface area contributed by atoms with E-state index in [1.165, 1.54) is 6.92 Å². The van der Waals surface area contributed by atoms with Gasteiger partial charge in [0.15, 0.2) is 0 Å². The number of carboxylic acid groups (broad SMARTS) is 1. The molecule has 1 unspecified atom stereocenters. The Balaban J connectivity index is 0.000000688. The lowest BCUT2D eigenvalue weighted by molar-refractivity contribution is -0.145. The number of aliphatic hydroxyl groups is 1. The summed E-state index contributed by atoms with van der Waals surface area (Å²) in [5.74, 6) is -1.19. The first kappa shape index (κ1) is 21.2. The maximum Gasteiger partial charge on any atom is 0.332 e. The maximum atomic E-state index is 11.0. The zero-order valence-corrected chi connectivity index (χ0v) is 14.4. The molecule has 0 amide bonds. The molecule has 1 rings (SSSR count). The van der Waals surface area contributed by atoms with Crippen LogP contribution in [0.2, 0.25) is 0 Å². The molecule has 1 aromatic carbocycles. The predicted molar refractivity (Wildman–Crippen MR) is 90.9 cm³/mol. The molecule has 0 saturated carbocycles. The van der Waals surface area contributed by atoms with Gasteiger partial charge in [0.2, 0.25) is 10.0 Å². The average Bonchev–Trinajstić information content (AvgIpc) is 2.44. The molecule has 0 saturated heterocycles. The molecule has 0 aliphatic carbocycles. The van der Waals surface area contributed by atoms with Crippen LogP contribution in [0.1, 0.15) is 13.8 Å². The Hall–Kier alpha value is -1.84. The van der Waals surface area contributed by atoms with Crippen molar-refractivity contribution in [2.45, 2.75) is 20.0 Å². The molecule has 0 bridgehead atoms. The highest BCUT2D eigenvalue weighted by atomic mass is 32.2. The fraction of sp³-hybridized carbons (Fsp3) is 0.500.